The summed E-state index contributed by atoms with van der Waals surface area (Å²) in [5.74, 6) is -0.384. The highest BCUT2D eigenvalue weighted by atomic mass is 35.5. The molecule has 2 N–H and O–H groups in total. The third-order valence-corrected chi connectivity index (χ3v) is 5.74. The van der Waals surface area contributed by atoms with Gasteiger partial charge < -0.3 is 15.4 Å². The van der Waals surface area contributed by atoms with Crippen LogP contribution in [0, 0.1) is 6.92 Å². The van der Waals surface area contributed by atoms with Crippen molar-refractivity contribution in [2.75, 3.05) is 17.2 Å². The predicted octanol–water partition coefficient (Wildman–Crippen LogP) is 6.36. The van der Waals surface area contributed by atoms with Gasteiger partial charge in [0.15, 0.2) is 5.11 Å². The van der Waals surface area contributed by atoms with Crippen LogP contribution in [0.3, 0.4) is 0 Å². The number of anilines is 2. The predicted molar refractivity (Wildman–Crippen MR) is 122 cm³/mol. The van der Waals surface area contributed by atoms with Crippen LogP contribution in [0.2, 0.25) is 5.02 Å². The van der Waals surface area contributed by atoms with E-state index in [0.717, 1.165) is 21.7 Å². The second kappa shape index (κ2) is 9.19. The quantitative estimate of drug-likeness (QED) is 0.364. The lowest BCUT2D eigenvalue weighted by Crippen LogP contribution is -2.20. The van der Waals surface area contributed by atoms with Crippen molar-refractivity contribution in [2.45, 2.75) is 13.8 Å². The fraction of sp³-hybridized carbons (Fsp3) is 0.143. The number of rotatable bonds is 5. The van der Waals surface area contributed by atoms with E-state index in [1.807, 2.05) is 61.5 Å². The minimum Gasteiger partial charge on any atom is -0.462 e. The number of thiocarbonyl (C=S) groups is 1. The Bertz CT molecular complexity index is 1000. The first-order valence-electron chi connectivity index (χ1n) is 8.69. The smallest absolute Gasteiger partial charge is 0.341 e. The van der Waals surface area contributed by atoms with E-state index in [1.54, 1.807) is 6.92 Å². The summed E-state index contributed by atoms with van der Waals surface area (Å²) in [7, 11) is 0. The molecule has 4 nitrogen and oxygen atoms in total. The molecule has 0 aliphatic carbocycles. The third-order valence-electron chi connectivity index (χ3n) is 4.03. The van der Waals surface area contributed by atoms with Crippen molar-refractivity contribution in [2.24, 2.45) is 0 Å². The number of carbonyl (C=O) groups is 1. The van der Waals surface area contributed by atoms with Gasteiger partial charge in [0.25, 0.3) is 0 Å². The molecule has 0 atom stereocenters. The van der Waals surface area contributed by atoms with Gasteiger partial charge in [0.2, 0.25) is 0 Å². The second-order valence-electron chi connectivity index (χ2n) is 5.93. The Balaban J connectivity index is 1.87. The Kier molecular flexibility index (Phi) is 6.67. The van der Waals surface area contributed by atoms with E-state index in [2.05, 4.69) is 10.6 Å². The van der Waals surface area contributed by atoms with Gasteiger partial charge in [0.05, 0.1) is 12.2 Å². The number of benzene rings is 2. The summed E-state index contributed by atoms with van der Waals surface area (Å²) >= 11 is 13.1. The van der Waals surface area contributed by atoms with Crippen LogP contribution in [0.5, 0.6) is 0 Å². The molecule has 1 aromatic heterocycles. The zero-order valence-electron chi connectivity index (χ0n) is 15.4. The van der Waals surface area contributed by atoms with E-state index >= 15 is 0 Å². The average Bonchev–Trinajstić information content (AvgIpc) is 3.10. The molecular weight excluding hydrogens is 412 g/mol. The van der Waals surface area contributed by atoms with Crippen molar-refractivity contribution in [1.82, 2.24) is 0 Å². The van der Waals surface area contributed by atoms with Gasteiger partial charge in [-0.25, -0.2) is 4.79 Å². The minimum absolute atomic E-state index is 0.305. The van der Waals surface area contributed by atoms with Crippen LogP contribution >= 0.6 is 35.2 Å². The van der Waals surface area contributed by atoms with Crippen molar-refractivity contribution in [3.8, 4) is 10.4 Å². The van der Waals surface area contributed by atoms with Crippen LogP contribution in [0.1, 0.15) is 22.8 Å². The molecule has 0 unspecified atom stereocenters. The molecule has 0 fully saturated rings. The van der Waals surface area contributed by atoms with E-state index in [9.17, 15) is 4.79 Å². The normalized spacial score (nSPS) is 10.4. The highest BCUT2D eigenvalue weighted by Gasteiger charge is 2.19. The van der Waals surface area contributed by atoms with E-state index in [-0.39, 0.29) is 5.97 Å². The van der Waals surface area contributed by atoms with E-state index < -0.39 is 0 Å². The lowest BCUT2D eigenvalue weighted by atomic mass is 10.1. The molecule has 0 amide bonds. The van der Waals surface area contributed by atoms with Gasteiger partial charge in [0.1, 0.15) is 5.00 Å². The fourth-order valence-electron chi connectivity index (χ4n) is 2.59. The molecule has 0 aliphatic heterocycles. The maximum absolute atomic E-state index is 12.4. The molecule has 0 radical (unpaired) electrons. The number of halogens is 1. The topological polar surface area (TPSA) is 50.4 Å². The number of hydrogen-bond acceptors (Lipinski definition) is 4. The molecule has 28 heavy (non-hydrogen) atoms. The van der Waals surface area contributed by atoms with Crippen LogP contribution < -0.4 is 10.6 Å². The van der Waals surface area contributed by atoms with Gasteiger partial charge in [0, 0.05) is 15.6 Å². The Morgan fingerprint density at radius 2 is 1.89 bits per heavy atom. The Hall–Kier alpha value is -2.41. The van der Waals surface area contributed by atoms with Gasteiger partial charge >= 0.3 is 5.97 Å². The van der Waals surface area contributed by atoms with E-state index in [0.29, 0.717) is 27.3 Å². The van der Waals surface area contributed by atoms with Crippen molar-refractivity contribution in [3.05, 3.63) is 70.7 Å². The minimum atomic E-state index is -0.384. The molecule has 0 spiro atoms. The Labute approximate surface area is 178 Å². The molecule has 0 aliphatic rings. The highest BCUT2D eigenvalue weighted by molar-refractivity contribution is 7.80. The van der Waals surface area contributed by atoms with Crippen molar-refractivity contribution >= 4 is 56.9 Å². The van der Waals surface area contributed by atoms with Crippen molar-refractivity contribution in [3.63, 3.8) is 0 Å². The Morgan fingerprint density at radius 3 is 2.61 bits per heavy atom. The number of hydrogen-bond donors (Lipinski definition) is 2. The standard InChI is InChI=1S/C21H19ClN2O2S2/c1-3-26-20(25)15-12-18(14-8-5-4-6-9-14)28-19(15)24-21(27)23-17-11-7-10-16(22)13(17)2/h4-12H,3H2,1-2H3,(H2,23,24,27). The molecule has 3 aromatic rings. The maximum Gasteiger partial charge on any atom is 0.341 e. The maximum atomic E-state index is 12.4. The third kappa shape index (κ3) is 4.70. The summed E-state index contributed by atoms with van der Waals surface area (Å²) in [6.07, 6.45) is 0. The lowest BCUT2D eigenvalue weighted by molar-refractivity contribution is 0.0528. The summed E-state index contributed by atoms with van der Waals surface area (Å²) < 4.78 is 5.20. The van der Waals surface area contributed by atoms with Gasteiger partial charge in [-0.2, -0.15) is 0 Å². The zero-order valence-corrected chi connectivity index (χ0v) is 17.8. The summed E-state index contributed by atoms with van der Waals surface area (Å²) in [5, 5.41) is 7.93. The van der Waals surface area contributed by atoms with E-state index in [1.165, 1.54) is 11.3 Å². The zero-order chi connectivity index (χ0) is 20.1. The highest BCUT2D eigenvalue weighted by Crippen LogP contribution is 2.36. The lowest BCUT2D eigenvalue weighted by Gasteiger charge is -2.13. The molecule has 7 heteroatoms. The number of carbonyl (C=O) groups excluding carboxylic acids is 1. The molecular formula is C21H19ClN2O2S2. The molecule has 0 saturated carbocycles. The Morgan fingerprint density at radius 1 is 1.14 bits per heavy atom. The van der Waals surface area contributed by atoms with Crippen molar-refractivity contribution < 1.29 is 9.53 Å². The molecule has 2 aromatic carbocycles. The summed E-state index contributed by atoms with van der Waals surface area (Å²) in [6, 6.07) is 17.3. The number of ether oxygens (including phenoxy) is 1. The summed E-state index contributed by atoms with van der Waals surface area (Å²) in [6.45, 7) is 4.00. The van der Waals surface area contributed by atoms with Gasteiger partial charge in [-0.05, 0) is 55.4 Å². The molecule has 3 rings (SSSR count). The van der Waals surface area contributed by atoms with Gasteiger partial charge in [-0.1, -0.05) is 48.0 Å². The van der Waals surface area contributed by atoms with E-state index in [4.69, 9.17) is 28.6 Å². The van der Waals surface area contributed by atoms with Gasteiger partial charge in [-0.3, -0.25) is 0 Å². The molecule has 0 bridgehead atoms. The molecule has 1 heterocycles. The summed E-state index contributed by atoms with van der Waals surface area (Å²) in [4.78, 5) is 13.4. The van der Waals surface area contributed by atoms with Crippen molar-refractivity contribution in [1.29, 1.82) is 0 Å². The summed E-state index contributed by atoms with van der Waals surface area (Å²) in [5.41, 5.74) is 3.19. The first-order chi connectivity index (χ1) is 13.5. The fourth-order valence-corrected chi connectivity index (χ4v) is 4.10. The van der Waals surface area contributed by atoms with Crippen LogP contribution in [-0.2, 0) is 4.74 Å². The molecule has 144 valence electrons. The molecule has 0 saturated heterocycles. The second-order valence-corrected chi connectivity index (χ2v) is 7.80. The first kappa shape index (κ1) is 20.3. The van der Waals surface area contributed by atoms with Crippen LogP contribution in [0.25, 0.3) is 10.4 Å². The monoisotopic (exact) mass is 430 g/mol. The first-order valence-corrected chi connectivity index (χ1v) is 10.3. The number of thiophene rings is 1. The van der Waals surface area contributed by atoms with Crippen LogP contribution in [0.4, 0.5) is 10.7 Å². The number of esters is 1. The van der Waals surface area contributed by atoms with Crippen LogP contribution in [0.15, 0.2) is 54.6 Å². The SMILES string of the molecule is CCOC(=O)c1cc(-c2ccccc2)sc1NC(=S)Nc1cccc(Cl)c1C. The number of nitrogens with one attached hydrogen (secondary N) is 2. The van der Waals surface area contributed by atoms with Gasteiger partial charge in [-0.15, -0.1) is 11.3 Å². The largest absolute Gasteiger partial charge is 0.462 e. The average molecular weight is 431 g/mol. The van der Waals surface area contributed by atoms with Crippen LogP contribution in [-0.4, -0.2) is 17.7 Å².